The van der Waals surface area contributed by atoms with Crippen LogP contribution < -0.4 is 10.1 Å². The van der Waals surface area contributed by atoms with Crippen molar-refractivity contribution in [3.63, 3.8) is 0 Å². The zero-order chi connectivity index (χ0) is 14.4. The molecule has 2 rings (SSSR count). The molecule has 20 heavy (non-hydrogen) atoms. The largest absolute Gasteiger partial charge is 0.492 e. The van der Waals surface area contributed by atoms with Crippen molar-refractivity contribution in [1.29, 1.82) is 0 Å². The van der Waals surface area contributed by atoms with Gasteiger partial charge in [0.2, 0.25) is 0 Å². The van der Waals surface area contributed by atoms with Gasteiger partial charge in [0.1, 0.15) is 24.5 Å². The Morgan fingerprint density at radius 1 is 1.20 bits per heavy atom. The summed E-state index contributed by atoms with van der Waals surface area (Å²) in [4.78, 5) is 8.44. The summed E-state index contributed by atoms with van der Waals surface area (Å²) in [6.45, 7) is 7.60. The van der Waals surface area contributed by atoms with E-state index in [9.17, 15) is 0 Å². The third-order valence-electron chi connectivity index (χ3n) is 2.95. The fourth-order valence-corrected chi connectivity index (χ4v) is 1.84. The second-order valence-electron chi connectivity index (χ2n) is 5.07. The van der Waals surface area contributed by atoms with Crippen molar-refractivity contribution in [3.05, 3.63) is 47.9 Å². The summed E-state index contributed by atoms with van der Waals surface area (Å²) in [5, 5.41) is 3.25. The Hall–Kier alpha value is -2.10. The van der Waals surface area contributed by atoms with E-state index in [2.05, 4.69) is 42.1 Å². The number of aryl methyl sites for hydroxylation is 1. The van der Waals surface area contributed by atoms with E-state index in [0.29, 0.717) is 19.1 Å². The number of nitrogens with zero attached hydrogens (tertiary/aromatic N) is 2. The molecule has 106 valence electrons. The van der Waals surface area contributed by atoms with E-state index in [1.54, 1.807) is 6.33 Å². The highest BCUT2D eigenvalue weighted by molar-refractivity contribution is 5.35. The van der Waals surface area contributed by atoms with Crippen LogP contribution in [0.3, 0.4) is 0 Å². The van der Waals surface area contributed by atoms with Gasteiger partial charge >= 0.3 is 0 Å². The minimum absolute atomic E-state index is 0.405. The van der Waals surface area contributed by atoms with Crippen molar-refractivity contribution in [3.8, 4) is 5.75 Å². The Kier molecular flexibility index (Phi) is 4.93. The maximum atomic E-state index is 5.68. The highest BCUT2D eigenvalue weighted by Crippen LogP contribution is 2.14. The van der Waals surface area contributed by atoms with Crippen molar-refractivity contribution in [1.82, 2.24) is 9.97 Å². The molecule has 1 aromatic carbocycles. The molecule has 0 saturated heterocycles. The van der Waals surface area contributed by atoms with Gasteiger partial charge in [0, 0.05) is 11.8 Å². The molecule has 1 heterocycles. The molecule has 0 atom stereocenters. The number of nitrogens with one attached hydrogen (secondary N) is 1. The summed E-state index contributed by atoms with van der Waals surface area (Å²) in [6, 6.07) is 10.0. The van der Waals surface area contributed by atoms with Crippen LogP contribution in [0.15, 0.2) is 36.7 Å². The Labute approximate surface area is 120 Å². The normalized spacial score (nSPS) is 10.6. The van der Waals surface area contributed by atoms with Gasteiger partial charge in [-0.05, 0) is 30.5 Å². The summed E-state index contributed by atoms with van der Waals surface area (Å²) < 4.78 is 5.68. The first-order chi connectivity index (χ1) is 9.65. The van der Waals surface area contributed by atoms with Gasteiger partial charge in [-0.1, -0.05) is 26.0 Å². The van der Waals surface area contributed by atoms with Gasteiger partial charge in [0.15, 0.2) is 0 Å². The molecule has 0 unspecified atom stereocenters. The lowest BCUT2D eigenvalue weighted by Crippen LogP contribution is -2.12. The van der Waals surface area contributed by atoms with Gasteiger partial charge in [-0.2, -0.15) is 0 Å². The van der Waals surface area contributed by atoms with Crippen LogP contribution in [0.25, 0.3) is 0 Å². The summed E-state index contributed by atoms with van der Waals surface area (Å²) in [7, 11) is 0. The van der Waals surface area contributed by atoms with Crippen LogP contribution in [0.5, 0.6) is 5.75 Å². The number of hydrogen-bond acceptors (Lipinski definition) is 4. The lowest BCUT2D eigenvalue weighted by atomic mass is 10.1. The Balaban J connectivity index is 1.80. The first-order valence-electron chi connectivity index (χ1n) is 6.90. The van der Waals surface area contributed by atoms with E-state index in [4.69, 9.17) is 4.74 Å². The second-order valence-corrected chi connectivity index (χ2v) is 5.07. The zero-order valence-corrected chi connectivity index (χ0v) is 12.3. The predicted octanol–water partition coefficient (Wildman–Crippen LogP) is 3.40. The van der Waals surface area contributed by atoms with Crippen LogP contribution in [0.2, 0.25) is 0 Å². The topological polar surface area (TPSA) is 47.0 Å². The van der Waals surface area contributed by atoms with Crippen molar-refractivity contribution in [2.24, 2.45) is 0 Å². The van der Waals surface area contributed by atoms with Crippen LogP contribution in [0.1, 0.15) is 31.0 Å². The predicted molar refractivity (Wildman–Crippen MR) is 81.3 cm³/mol. The fourth-order valence-electron chi connectivity index (χ4n) is 1.84. The molecule has 1 N–H and O–H groups in total. The first kappa shape index (κ1) is 14.3. The lowest BCUT2D eigenvalue weighted by molar-refractivity contribution is 0.332. The molecule has 0 spiro atoms. The average Bonchev–Trinajstić information content (AvgIpc) is 2.44. The van der Waals surface area contributed by atoms with E-state index < -0.39 is 0 Å². The van der Waals surface area contributed by atoms with Gasteiger partial charge in [-0.3, -0.25) is 0 Å². The van der Waals surface area contributed by atoms with Gasteiger partial charge in [0.05, 0.1) is 6.54 Å². The zero-order valence-electron chi connectivity index (χ0n) is 12.3. The van der Waals surface area contributed by atoms with E-state index in [0.717, 1.165) is 17.3 Å². The molecule has 0 saturated carbocycles. The summed E-state index contributed by atoms with van der Waals surface area (Å²) in [6.07, 6.45) is 1.60. The fraction of sp³-hybridized carbons (Fsp3) is 0.375. The summed E-state index contributed by atoms with van der Waals surface area (Å²) in [5.74, 6) is 2.15. The maximum Gasteiger partial charge on any atom is 0.129 e. The Morgan fingerprint density at radius 2 is 2.05 bits per heavy atom. The van der Waals surface area contributed by atoms with Crippen LogP contribution >= 0.6 is 0 Å². The molecular weight excluding hydrogens is 250 g/mol. The summed E-state index contributed by atoms with van der Waals surface area (Å²) in [5.41, 5.74) is 2.25. The van der Waals surface area contributed by atoms with Gasteiger partial charge in [0.25, 0.3) is 0 Å². The summed E-state index contributed by atoms with van der Waals surface area (Å²) >= 11 is 0. The van der Waals surface area contributed by atoms with E-state index in [-0.39, 0.29) is 0 Å². The molecule has 1 aromatic heterocycles. The number of anilines is 1. The Morgan fingerprint density at radius 3 is 2.80 bits per heavy atom. The van der Waals surface area contributed by atoms with Crippen molar-refractivity contribution in [2.45, 2.75) is 26.7 Å². The molecule has 4 heteroatoms. The highest BCUT2D eigenvalue weighted by atomic mass is 16.5. The number of ether oxygens (including phenoxy) is 1. The molecule has 0 aliphatic rings. The molecule has 0 aliphatic heterocycles. The van der Waals surface area contributed by atoms with E-state index in [1.165, 1.54) is 5.56 Å². The number of benzene rings is 1. The van der Waals surface area contributed by atoms with Crippen LogP contribution in [0, 0.1) is 6.92 Å². The van der Waals surface area contributed by atoms with Crippen molar-refractivity contribution in [2.75, 3.05) is 18.5 Å². The SMILES string of the molecule is Cc1cccc(OCCNc2cc(C(C)C)ncn2)c1. The molecule has 0 amide bonds. The lowest BCUT2D eigenvalue weighted by Gasteiger charge is -2.10. The third-order valence-corrected chi connectivity index (χ3v) is 2.95. The third kappa shape index (κ3) is 4.23. The van der Waals surface area contributed by atoms with E-state index in [1.807, 2.05) is 24.3 Å². The Bertz CT molecular complexity index is 555. The number of hydrogen-bond donors (Lipinski definition) is 1. The van der Waals surface area contributed by atoms with Crippen molar-refractivity contribution >= 4 is 5.82 Å². The minimum atomic E-state index is 0.405. The molecule has 0 aliphatic carbocycles. The molecule has 0 bridgehead atoms. The quantitative estimate of drug-likeness (QED) is 0.818. The standard InChI is InChI=1S/C16H21N3O/c1-12(2)15-10-16(19-11-18-15)17-7-8-20-14-6-4-5-13(3)9-14/h4-6,9-12H,7-8H2,1-3H3,(H,17,18,19). The molecule has 0 fully saturated rings. The minimum Gasteiger partial charge on any atom is -0.492 e. The number of aromatic nitrogens is 2. The van der Waals surface area contributed by atoms with Crippen molar-refractivity contribution < 1.29 is 4.74 Å². The van der Waals surface area contributed by atoms with Gasteiger partial charge < -0.3 is 10.1 Å². The van der Waals surface area contributed by atoms with E-state index >= 15 is 0 Å². The first-order valence-corrected chi connectivity index (χ1v) is 6.90. The smallest absolute Gasteiger partial charge is 0.129 e. The van der Waals surface area contributed by atoms with Gasteiger partial charge in [-0.25, -0.2) is 9.97 Å². The second kappa shape index (κ2) is 6.89. The average molecular weight is 271 g/mol. The van der Waals surface area contributed by atoms with Crippen LogP contribution in [0.4, 0.5) is 5.82 Å². The molecule has 0 radical (unpaired) electrons. The molecule has 4 nitrogen and oxygen atoms in total. The molecule has 2 aromatic rings. The number of rotatable bonds is 6. The van der Waals surface area contributed by atoms with Crippen LogP contribution in [-0.4, -0.2) is 23.1 Å². The van der Waals surface area contributed by atoms with Gasteiger partial charge in [-0.15, -0.1) is 0 Å². The maximum absolute atomic E-state index is 5.68. The molecular formula is C16H21N3O. The van der Waals surface area contributed by atoms with Crippen LogP contribution in [-0.2, 0) is 0 Å². The monoisotopic (exact) mass is 271 g/mol. The highest BCUT2D eigenvalue weighted by Gasteiger charge is 2.02.